The molecule has 1 amide bonds. The fraction of sp³-hybridized carbons (Fsp3) is 0.176. The van der Waals surface area contributed by atoms with Crippen molar-refractivity contribution in [2.75, 3.05) is 26.0 Å². The van der Waals surface area contributed by atoms with Crippen molar-refractivity contribution in [2.24, 2.45) is 0 Å². The van der Waals surface area contributed by atoms with Crippen LogP contribution in [-0.4, -0.2) is 43.7 Å². The van der Waals surface area contributed by atoms with Gasteiger partial charge in [0.1, 0.15) is 10.6 Å². The lowest BCUT2D eigenvalue weighted by Crippen LogP contribution is -2.35. The van der Waals surface area contributed by atoms with Crippen molar-refractivity contribution >= 4 is 54.8 Å². The summed E-state index contributed by atoms with van der Waals surface area (Å²) in [6.07, 6.45) is 1.71. The molecule has 7 nitrogen and oxygen atoms in total. The number of likely N-dealkylation sites (N-methyl/N-ethyl adjacent to an activating group) is 1. The van der Waals surface area contributed by atoms with Gasteiger partial charge in [0.25, 0.3) is 0 Å². The number of sulfonamides is 1. The number of nitrogens with one attached hydrogen (secondary N) is 1. The average Bonchev–Trinajstić information content (AvgIpc) is 3.09. The minimum Gasteiger partial charge on any atom is -0.495 e. The normalized spacial score (nSPS) is 11.7. The number of fused-ring (bicyclic) bond motifs is 1. The van der Waals surface area contributed by atoms with Crippen LogP contribution in [0.3, 0.4) is 0 Å². The molecule has 3 aromatic rings. The second kappa shape index (κ2) is 7.81. The number of aromatic nitrogens is 1. The minimum absolute atomic E-state index is 0.0985. The van der Waals surface area contributed by atoms with Gasteiger partial charge in [-0.25, -0.2) is 8.42 Å². The lowest BCUT2D eigenvalue weighted by Gasteiger charge is -2.18. The van der Waals surface area contributed by atoms with Crippen molar-refractivity contribution in [1.29, 1.82) is 0 Å². The molecule has 0 atom stereocenters. The highest BCUT2D eigenvalue weighted by atomic mass is 35.5. The molecule has 1 heterocycles. The van der Waals surface area contributed by atoms with E-state index in [1.54, 1.807) is 18.3 Å². The van der Waals surface area contributed by atoms with Crippen LogP contribution in [0, 0.1) is 0 Å². The van der Waals surface area contributed by atoms with E-state index in [0.717, 1.165) is 14.4 Å². The summed E-state index contributed by atoms with van der Waals surface area (Å²) in [5, 5.41) is 3.85. The maximum absolute atomic E-state index is 12.8. The van der Waals surface area contributed by atoms with Gasteiger partial charge in [0.05, 0.1) is 18.4 Å². The number of methoxy groups -OCH3 is 1. The molecule has 0 aliphatic rings. The zero-order chi connectivity index (χ0) is 19.6. The molecule has 10 heteroatoms. The molecule has 2 aromatic carbocycles. The zero-order valence-corrected chi connectivity index (χ0v) is 16.9. The van der Waals surface area contributed by atoms with Crippen LogP contribution in [0.2, 0.25) is 5.02 Å². The van der Waals surface area contributed by atoms with Gasteiger partial charge in [0.2, 0.25) is 15.9 Å². The molecule has 0 bridgehead atoms. The number of halogens is 1. The quantitative estimate of drug-likeness (QED) is 0.655. The van der Waals surface area contributed by atoms with E-state index in [1.807, 2.05) is 6.07 Å². The molecule has 0 fully saturated rings. The van der Waals surface area contributed by atoms with E-state index in [2.05, 4.69) is 9.69 Å². The van der Waals surface area contributed by atoms with Crippen LogP contribution in [0.15, 0.2) is 47.5 Å². The molecule has 1 N–H and O–H groups in total. The summed E-state index contributed by atoms with van der Waals surface area (Å²) in [6, 6.07) is 9.66. The lowest BCUT2D eigenvalue weighted by molar-refractivity contribution is -0.116. The van der Waals surface area contributed by atoms with E-state index >= 15 is 0 Å². The molecular weight excluding hydrogens is 410 g/mol. The topological polar surface area (TPSA) is 88.6 Å². The van der Waals surface area contributed by atoms with E-state index in [9.17, 15) is 13.2 Å². The number of carbonyl (C=O) groups excluding carboxylic acids is 1. The standard InChI is InChI=1S/C17H16ClN3O4S2/c1-21(27(23,24)16-8-12(18)3-5-14(16)25-2)10-17(22)20-13-4-6-15-11(7-13)9-19-26-15/h3-9H,10H2,1-2H3,(H,20,22). The second-order valence-electron chi connectivity index (χ2n) is 5.68. The first-order valence-electron chi connectivity index (χ1n) is 7.75. The van der Waals surface area contributed by atoms with Gasteiger partial charge >= 0.3 is 0 Å². The Bertz CT molecular complexity index is 1100. The van der Waals surface area contributed by atoms with Gasteiger partial charge in [-0.3, -0.25) is 4.79 Å². The van der Waals surface area contributed by atoms with Crippen molar-refractivity contribution in [3.05, 3.63) is 47.6 Å². The number of ether oxygens (including phenoxy) is 1. The van der Waals surface area contributed by atoms with Crippen LogP contribution >= 0.6 is 23.1 Å². The monoisotopic (exact) mass is 425 g/mol. The molecule has 0 saturated carbocycles. The molecular formula is C17H16ClN3O4S2. The van der Waals surface area contributed by atoms with Gasteiger partial charge in [-0.15, -0.1) is 0 Å². The Hall–Kier alpha value is -2.20. The van der Waals surface area contributed by atoms with Gasteiger partial charge in [-0.05, 0) is 47.9 Å². The highest BCUT2D eigenvalue weighted by Gasteiger charge is 2.27. The number of carbonyl (C=O) groups is 1. The van der Waals surface area contributed by atoms with Crippen molar-refractivity contribution in [3.63, 3.8) is 0 Å². The predicted octanol–water partition coefficient (Wildman–Crippen LogP) is 3.22. The molecule has 0 radical (unpaired) electrons. The molecule has 142 valence electrons. The fourth-order valence-corrected chi connectivity index (χ4v) is 4.62. The van der Waals surface area contributed by atoms with Crippen LogP contribution in [0.1, 0.15) is 0 Å². The van der Waals surface area contributed by atoms with Crippen LogP contribution in [0.4, 0.5) is 5.69 Å². The highest BCUT2D eigenvalue weighted by Crippen LogP contribution is 2.29. The molecule has 0 aliphatic heterocycles. The summed E-state index contributed by atoms with van der Waals surface area (Å²) < 4.78 is 36.7. The number of nitrogens with zero attached hydrogens (tertiary/aromatic N) is 2. The fourth-order valence-electron chi connectivity index (χ4n) is 2.46. The van der Waals surface area contributed by atoms with Gasteiger partial charge in [-0.1, -0.05) is 11.6 Å². The number of anilines is 1. The number of amides is 1. The SMILES string of the molecule is COc1ccc(Cl)cc1S(=O)(=O)N(C)CC(=O)Nc1ccc2sncc2c1. The maximum atomic E-state index is 12.8. The Balaban J connectivity index is 1.76. The average molecular weight is 426 g/mol. The second-order valence-corrected chi connectivity index (χ2v) is 8.97. The number of benzene rings is 2. The smallest absolute Gasteiger partial charge is 0.247 e. The molecule has 3 rings (SSSR count). The number of hydrogen-bond donors (Lipinski definition) is 1. The minimum atomic E-state index is -3.96. The number of hydrogen-bond acceptors (Lipinski definition) is 6. The maximum Gasteiger partial charge on any atom is 0.247 e. The largest absolute Gasteiger partial charge is 0.495 e. The van der Waals surface area contributed by atoms with Crippen molar-refractivity contribution in [2.45, 2.75) is 4.90 Å². The Morgan fingerprint density at radius 3 is 2.81 bits per heavy atom. The zero-order valence-electron chi connectivity index (χ0n) is 14.5. The Morgan fingerprint density at radius 1 is 1.30 bits per heavy atom. The Kier molecular flexibility index (Phi) is 5.66. The van der Waals surface area contributed by atoms with Crippen LogP contribution in [-0.2, 0) is 14.8 Å². The summed E-state index contributed by atoms with van der Waals surface area (Å²) in [6.45, 7) is -0.363. The van der Waals surface area contributed by atoms with Gasteiger partial charge < -0.3 is 10.1 Å². The van der Waals surface area contributed by atoms with Gasteiger partial charge in [0.15, 0.2) is 0 Å². The van der Waals surface area contributed by atoms with Crippen molar-refractivity contribution in [1.82, 2.24) is 8.68 Å². The molecule has 0 aliphatic carbocycles. The van der Waals surface area contributed by atoms with Crippen molar-refractivity contribution < 1.29 is 17.9 Å². The Labute approximate surface area is 165 Å². The van der Waals surface area contributed by atoms with Crippen LogP contribution in [0.25, 0.3) is 10.1 Å². The first kappa shape index (κ1) is 19.6. The molecule has 27 heavy (non-hydrogen) atoms. The summed E-state index contributed by atoms with van der Waals surface area (Å²) in [5.74, 6) is -0.313. The third kappa shape index (κ3) is 4.22. The predicted molar refractivity (Wildman–Crippen MR) is 106 cm³/mol. The first-order valence-corrected chi connectivity index (χ1v) is 10.3. The highest BCUT2D eigenvalue weighted by molar-refractivity contribution is 7.89. The van der Waals surface area contributed by atoms with E-state index in [4.69, 9.17) is 16.3 Å². The summed E-state index contributed by atoms with van der Waals surface area (Å²) in [4.78, 5) is 12.2. The first-order chi connectivity index (χ1) is 12.8. The number of rotatable bonds is 6. The molecule has 0 saturated heterocycles. The molecule has 0 spiro atoms. The third-order valence-corrected chi connectivity index (χ3v) is 6.66. The summed E-state index contributed by atoms with van der Waals surface area (Å²) in [5.41, 5.74) is 0.568. The third-order valence-electron chi connectivity index (χ3n) is 3.82. The van der Waals surface area contributed by atoms with E-state index in [0.29, 0.717) is 5.69 Å². The van der Waals surface area contributed by atoms with Crippen molar-refractivity contribution in [3.8, 4) is 5.75 Å². The van der Waals surface area contributed by atoms with Crippen LogP contribution < -0.4 is 10.1 Å². The lowest BCUT2D eigenvalue weighted by atomic mass is 10.2. The van der Waals surface area contributed by atoms with E-state index in [-0.39, 0.29) is 22.2 Å². The van der Waals surface area contributed by atoms with E-state index < -0.39 is 15.9 Å². The van der Waals surface area contributed by atoms with Crippen LogP contribution in [0.5, 0.6) is 5.75 Å². The molecule has 0 unspecified atom stereocenters. The molecule has 1 aromatic heterocycles. The summed E-state index contributed by atoms with van der Waals surface area (Å²) >= 11 is 7.27. The van der Waals surface area contributed by atoms with Gasteiger partial charge in [0, 0.05) is 29.3 Å². The summed E-state index contributed by atoms with van der Waals surface area (Å²) in [7, 11) is -1.28. The van der Waals surface area contributed by atoms with E-state index in [1.165, 1.54) is 43.9 Å². The van der Waals surface area contributed by atoms with Gasteiger partial charge in [-0.2, -0.15) is 8.68 Å². The Morgan fingerprint density at radius 2 is 2.07 bits per heavy atom.